The van der Waals surface area contributed by atoms with Gasteiger partial charge in [-0.25, -0.2) is 9.18 Å². The standard InChI is InChI=1S/C19H17FO4/c1-11-8-18-15(10-17(11)20)14-3-2-13(9-16(14)19(21)24-18)23-12-4-6-22-7-5-12/h2-3,8-10,12H,4-7H2,1H3. The molecule has 0 bridgehead atoms. The topological polar surface area (TPSA) is 48.7 Å². The first-order chi connectivity index (χ1) is 11.6. The fraction of sp³-hybridized carbons (Fsp3) is 0.316. The quantitative estimate of drug-likeness (QED) is 0.528. The average molecular weight is 328 g/mol. The first-order valence-electron chi connectivity index (χ1n) is 8.03. The van der Waals surface area contributed by atoms with Gasteiger partial charge in [0, 0.05) is 23.6 Å². The second-order valence-corrected chi connectivity index (χ2v) is 6.12. The van der Waals surface area contributed by atoms with Gasteiger partial charge in [0.25, 0.3) is 0 Å². The molecule has 1 fully saturated rings. The minimum atomic E-state index is -0.444. The van der Waals surface area contributed by atoms with Gasteiger partial charge in [-0.3, -0.25) is 0 Å². The lowest BCUT2D eigenvalue weighted by molar-refractivity contribution is 0.0256. The molecule has 0 N–H and O–H groups in total. The van der Waals surface area contributed by atoms with Crippen molar-refractivity contribution in [3.05, 3.63) is 52.1 Å². The number of ether oxygens (including phenoxy) is 2. The van der Waals surface area contributed by atoms with Crippen molar-refractivity contribution in [2.75, 3.05) is 13.2 Å². The lowest BCUT2D eigenvalue weighted by Gasteiger charge is -2.23. The average Bonchev–Trinajstić information content (AvgIpc) is 2.58. The molecular formula is C19H17FO4. The van der Waals surface area contributed by atoms with Crippen LogP contribution in [0.3, 0.4) is 0 Å². The van der Waals surface area contributed by atoms with Crippen LogP contribution in [0.4, 0.5) is 4.39 Å². The van der Waals surface area contributed by atoms with Crippen molar-refractivity contribution in [1.82, 2.24) is 0 Å². The molecule has 0 amide bonds. The van der Waals surface area contributed by atoms with Crippen molar-refractivity contribution in [2.45, 2.75) is 25.9 Å². The van der Waals surface area contributed by atoms with Gasteiger partial charge in [-0.05, 0) is 42.8 Å². The van der Waals surface area contributed by atoms with Crippen LogP contribution in [-0.2, 0) is 4.74 Å². The van der Waals surface area contributed by atoms with E-state index in [4.69, 9.17) is 13.9 Å². The fourth-order valence-electron chi connectivity index (χ4n) is 3.09. The zero-order valence-corrected chi connectivity index (χ0v) is 13.3. The summed E-state index contributed by atoms with van der Waals surface area (Å²) in [6, 6.07) is 8.24. The first-order valence-corrected chi connectivity index (χ1v) is 8.03. The van der Waals surface area contributed by atoms with E-state index in [1.807, 2.05) is 6.07 Å². The molecule has 2 aromatic carbocycles. The SMILES string of the molecule is Cc1cc2oc(=O)c3cc(OC4CCOCC4)ccc3c2cc1F. The van der Waals surface area contributed by atoms with E-state index in [1.54, 1.807) is 25.1 Å². The third-order valence-corrected chi connectivity index (χ3v) is 4.44. The number of benzene rings is 2. The summed E-state index contributed by atoms with van der Waals surface area (Å²) in [7, 11) is 0. The summed E-state index contributed by atoms with van der Waals surface area (Å²) in [5.74, 6) is 0.300. The monoisotopic (exact) mass is 328 g/mol. The Morgan fingerprint density at radius 1 is 1.08 bits per heavy atom. The highest BCUT2D eigenvalue weighted by molar-refractivity contribution is 6.04. The van der Waals surface area contributed by atoms with Gasteiger partial charge in [-0.2, -0.15) is 0 Å². The number of halogens is 1. The van der Waals surface area contributed by atoms with Crippen molar-refractivity contribution in [3.8, 4) is 5.75 Å². The number of aryl methyl sites for hydroxylation is 1. The Balaban J connectivity index is 1.81. The normalized spacial score (nSPS) is 15.9. The zero-order chi connectivity index (χ0) is 16.7. The molecule has 0 spiro atoms. The summed E-state index contributed by atoms with van der Waals surface area (Å²) >= 11 is 0. The minimum Gasteiger partial charge on any atom is -0.490 e. The first kappa shape index (κ1) is 15.1. The van der Waals surface area contributed by atoms with Crippen LogP contribution in [0, 0.1) is 12.7 Å². The summed E-state index contributed by atoms with van der Waals surface area (Å²) < 4.78 is 30.5. The Morgan fingerprint density at radius 3 is 2.67 bits per heavy atom. The predicted molar refractivity (Wildman–Crippen MR) is 89.2 cm³/mol. The summed E-state index contributed by atoms with van der Waals surface area (Å²) in [6.45, 7) is 3.01. The molecule has 1 saturated heterocycles. The number of hydrogen-bond donors (Lipinski definition) is 0. The van der Waals surface area contributed by atoms with Crippen LogP contribution in [0.25, 0.3) is 21.7 Å². The number of hydrogen-bond acceptors (Lipinski definition) is 4. The van der Waals surface area contributed by atoms with E-state index in [2.05, 4.69) is 0 Å². The highest BCUT2D eigenvalue weighted by atomic mass is 19.1. The number of fused-ring (bicyclic) bond motifs is 3. The maximum Gasteiger partial charge on any atom is 0.344 e. The van der Waals surface area contributed by atoms with E-state index >= 15 is 0 Å². The van der Waals surface area contributed by atoms with Gasteiger partial charge in [0.15, 0.2) is 0 Å². The van der Waals surface area contributed by atoms with E-state index in [-0.39, 0.29) is 11.9 Å². The summed E-state index contributed by atoms with van der Waals surface area (Å²) in [5.41, 5.74) is 0.398. The molecule has 3 aromatic rings. The van der Waals surface area contributed by atoms with Gasteiger partial charge in [-0.15, -0.1) is 0 Å². The van der Waals surface area contributed by atoms with Crippen molar-refractivity contribution < 1.29 is 18.3 Å². The molecule has 0 saturated carbocycles. The Kier molecular flexibility index (Phi) is 3.73. The van der Waals surface area contributed by atoms with E-state index in [0.717, 1.165) is 12.8 Å². The summed E-state index contributed by atoms with van der Waals surface area (Å²) in [5, 5.41) is 1.65. The minimum absolute atomic E-state index is 0.0868. The molecule has 0 unspecified atom stereocenters. The van der Waals surface area contributed by atoms with Crippen LogP contribution >= 0.6 is 0 Å². The molecule has 0 aliphatic carbocycles. The molecule has 0 atom stereocenters. The third-order valence-electron chi connectivity index (χ3n) is 4.44. The predicted octanol–water partition coefficient (Wildman–Crippen LogP) is 3.95. The molecule has 1 aliphatic heterocycles. The molecule has 4 nitrogen and oxygen atoms in total. The van der Waals surface area contributed by atoms with Gasteiger partial charge in [0.1, 0.15) is 23.3 Å². The van der Waals surface area contributed by atoms with Gasteiger partial charge >= 0.3 is 5.63 Å². The van der Waals surface area contributed by atoms with Crippen molar-refractivity contribution in [3.63, 3.8) is 0 Å². The van der Waals surface area contributed by atoms with E-state index < -0.39 is 5.63 Å². The van der Waals surface area contributed by atoms with Crippen LogP contribution in [0.1, 0.15) is 18.4 Å². The summed E-state index contributed by atoms with van der Waals surface area (Å²) in [6.07, 6.45) is 1.74. The second-order valence-electron chi connectivity index (χ2n) is 6.12. The van der Waals surface area contributed by atoms with Gasteiger partial charge in [-0.1, -0.05) is 0 Å². The molecular weight excluding hydrogens is 311 g/mol. The smallest absolute Gasteiger partial charge is 0.344 e. The van der Waals surface area contributed by atoms with E-state index in [1.165, 1.54) is 6.07 Å². The van der Waals surface area contributed by atoms with Crippen molar-refractivity contribution in [1.29, 1.82) is 0 Å². The Bertz CT molecular complexity index is 970. The van der Waals surface area contributed by atoms with Crippen LogP contribution in [-0.4, -0.2) is 19.3 Å². The molecule has 4 rings (SSSR count). The van der Waals surface area contributed by atoms with Crippen LogP contribution in [0.2, 0.25) is 0 Å². The molecule has 1 aliphatic rings. The summed E-state index contributed by atoms with van der Waals surface area (Å²) in [4.78, 5) is 12.3. The Labute approximate surface area is 137 Å². The van der Waals surface area contributed by atoms with Gasteiger partial charge in [0.05, 0.1) is 18.6 Å². The van der Waals surface area contributed by atoms with Crippen LogP contribution in [0.5, 0.6) is 5.75 Å². The second kappa shape index (κ2) is 5.91. The van der Waals surface area contributed by atoms with Crippen LogP contribution in [0.15, 0.2) is 39.5 Å². The lowest BCUT2D eigenvalue weighted by Crippen LogP contribution is -2.25. The molecule has 1 aromatic heterocycles. The Morgan fingerprint density at radius 2 is 1.88 bits per heavy atom. The van der Waals surface area contributed by atoms with Gasteiger partial charge < -0.3 is 13.9 Å². The van der Waals surface area contributed by atoms with Crippen molar-refractivity contribution >= 4 is 21.7 Å². The maximum atomic E-state index is 13.9. The number of rotatable bonds is 2. The van der Waals surface area contributed by atoms with E-state index in [0.29, 0.717) is 46.3 Å². The highest BCUT2D eigenvalue weighted by Gasteiger charge is 2.16. The zero-order valence-electron chi connectivity index (χ0n) is 13.3. The maximum absolute atomic E-state index is 13.9. The molecule has 124 valence electrons. The van der Waals surface area contributed by atoms with Crippen molar-refractivity contribution in [2.24, 2.45) is 0 Å². The lowest BCUT2D eigenvalue weighted by atomic mass is 10.1. The fourth-order valence-corrected chi connectivity index (χ4v) is 3.09. The van der Waals surface area contributed by atoms with Gasteiger partial charge in [0.2, 0.25) is 0 Å². The van der Waals surface area contributed by atoms with Crippen LogP contribution < -0.4 is 10.4 Å². The Hall–Kier alpha value is -2.40. The molecule has 24 heavy (non-hydrogen) atoms. The highest BCUT2D eigenvalue weighted by Crippen LogP contribution is 2.28. The molecule has 0 radical (unpaired) electrons. The molecule has 2 heterocycles. The van der Waals surface area contributed by atoms with E-state index in [9.17, 15) is 9.18 Å². The molecule has 5 heteroatoms. The third kappa shape index (κ3) is 2.65. The largest absolute Gasteiger partial charge is 0.490 e.